The molecule has 1 N–H and O–H groups in total. The normalized spacial score (nSPS) is 10.9. The van der Waals surface area contributed by atoms with Crippen LogP contribution in [0.1, 0.15) is 18.2 Å². The number of nitrogens with one attached hydrogen (secondary N) is 1. The molecule has 0 fully saturated rings. The van der Waals surface area contributed by atoms with Gasteiger partial charge in [0.2, 0.25) is 0 Å². The van der Waals surface area contributed by atoms with Crippen LogP contribution >= 0.6 is 0 Å². The molecule has 0 aliphatic heterocycles. The molecule has 1 heterocycles. The van der Waals surface area contributed by atoms with Gasteiger partial charge >= 0.3 is 0 Å². The van der Waals surface area contributed by atoms with Crippen LogP contribution in [0.2, 0.25) is 0 Å². The molecule has 0 bridgehead atoms. The molecule has 0 saturated heterocycles. The number of likely N-dealkylation sites (N-methyl/N-ethyl adjacent to an activating group) is 1. The van der Waals surface area contributed by atoms with Gasteiger partial charge in [0.1, 0.15) is 0 Å². The number of aromatic nitrogens is 1. The summed E-state index contributed by atoms with van der Waals surface area (Å²) >= 11 is 0. The SMILES string of the molecule is CCN(CCNCc1ccccn1)Cc1ccccc1. The van der Waals surface area contributed by atoms with Crippen molar-refractivity contribution in [3.8, 4) is 0 Å². The third-order valence-corrected chi connectivity index (χ3v) is 3.33. The molecule has 0 spiro atoms. The monoisotopic (exact) mass is 269 g/mol. The average Bonchev–Trinajstić information content (AvgIpc) is 2.52. The lowest BCUT2D eigenvalue weighted by Gasteiger charge is -2.20. The van der Waals surface area contributed by atoms with Crippen molar-refractivity contribution in [3.63, 3.8) is 0 Å². The fourth-order valence-corrected chi connectivity index (χ4v) is 2.15. The van der Waals surface area contributed by atoms with E-state index in [1.54, 1.807) is 0 Å². The molecule has 20 heavy (non-hydrogen) atoms. The predicted octanol–water partition coefficient (Wildman–Crippen LogP) is 2.69. The number of benzene rings is 1. The zero-order chi connectivity index (χ0) is 14.0. The lowest BCUT2D eigenvalue weighted by atomic mass is 10.2. The first kappa shape index (κ1) is 14.7. The van der Waals surface area contributed by atoms with E-state index in [0.717, 1.165) is 38.4 Å². The first-order valence-corrected chi connectivity index (χ1v) is 7.25. The van der Waals surface area contributed by atoms with Gasteiger partial charge in [0.25, 0.3) is 0 Å². The molecule has 2 aromatic rings. The van der Waals surface area contributed by atoms with Crippen LogP contribution in [0.25, 0.3) is 0 Å². The van der Waals surface area contributed by atoms with Gasteiger partial charge in [-0.05, 0) is 24.2 Å². The Labute approximate surface area is 121 Å². The van der Waals surface area contributed by atoms with Gasteiger partial charge in [0.15, 0.2) is 0 Å². The fourth-order valence-electron chi connectivity index (χ4n) is 2.15. The zero-order valence-electron chi connectivity index (χ0n) is 12.1. The van der Waals surface area contributed by atoms with Crippen molar-refractivity contribution in [1.29, 1.82) is 0 Å². The number of nitrogens with zero attached hydrogens (tertiary/aromatic N) is 2. The molecule has 3 nitrogen and oxygen atoms in total. The van der Waals surface area contributed by atoms with Gasteiger partial charge in [-0.2, -0.15) is 0 Å². The van der Waals surface area contributed by atoms with Crippen molar-refractivity contribution >= 4 is 0 Å². The summed E-state index contributed by atoms with van der Waals surface area (Å²) in [5.41, 5.74) is 2.47. The first-order chi connectivity index (χ1) is 9.88. The van der Waals surface area contributed by atoms with E-state index in [0.29, 0.717) is 0 Å². The molecule has 0 amide bonds. The number of rotatable bonds is 8. The van der Waals surface area contributed by atoms with Gasteiger partial charge in [0, 0.05) is 32.4 Å². The Morgan fingerprint density at radius 3 is 2.55 bits per heavy atom. The summed E-state index contributed by atoms with van der Waals surface area (Å²) in [6.07, 6.45) is 1.84. The van der Waals surface area contributed by atoms with Crippen LogP contribution in [0, 0.1) is 0 Å². The van der Waals surface area contributed by atoms with Crippen LogP contribution in [0.3, 0.4) is 0 Å². The maximum atomic E-state index is 4.31. The molecule has 2 rings (SSSR count). The molecular weight excluding hydrogens is 246 g/mol. The van der Waals surface area contributed by atoms with E-state index in [1.165, 1.54) is 5.56 Å². The number of hydrogen-bond acceptors (Lipinski definition) is 3. The van der Waals surface area contributed by atoms with E-state index in [-0.39, 0.29) is 0 Å². The molecule has 0 aliphatic rings. The van der Waals surface area contributed by atoms with E-state index in [2.05, 4.69) is 58.5 Å². The maximum absolute atomic E-state index is 4.31. The van der Waals surface area contributed by atoms with Crippen molar-refractivity contribution in [2.24, 2.45) is 0 Å². The van der Waals surface area contributed by atoms with Crippen LogP contribution < -0.4 is 5.32 Å². The smallest absolute Gasteiger partial charge is 0.0541 e. The second-order valence-corrected chi connectivity index (χ2v) is 4.85. The Morgan fingerprint density at radius 1 is 1.05 bits per heavy atom. The highest BCUT2D eigenvalue weighted by Gasteiger charge is 2.03. The van der Waals surface area contributed by atoms with Crippen LogP contribution in [-0.4, -0.2) is 29.5 Å². The summed E-state index contributed by atoms with van der Waals surface area (Å²) in [6.45, 7) is 7.17. The summed E-state index contributed by atoms with van der Waals surface area (Å²) < 4.78 is 0. The van der Waals surface area contributed by atoms with Crippen molar-refractivity contribution in [2.45, 2.75) is 20.0 Å². The Hall–Kier alpha value is -1.71. The highest BCUT2D eigenvalue weighted by Crippen LogP contribution is 2.03. The molecule has 0 aliphatic carbocycles. The van der Waals surface area contributed by atoms with Crippen LogP contribution in [0.15, 0.2) is 54.7 Å². The third kappa shape index (κ3) is 5.11. The van der Waals surface area contributed by atoms with E-state index in [9.17, 15) is 0 Å². The van der Waals surface area contributed by atoms with Crippen LogP contribution in [0.4, 0.5) is 0 Å². The minimum atomic E-state index is 0.837. The standard InChI is InChI=1S/C17H23N3/c1-2-20(15-16-8-4-3-5-9-16)13-12-18-14-17-10-6-7-11-19-17/h3-11,18H,2,12-15H2,1H3. The Kier molecular flexibility index (Phi) is 6.21. The average molecular weight is 269 g/mol. The van der Waals surface area contributed by atoms with Gasteiger partial charge in [-0.15, -0.1) is 0 Å². The molecular formula is C17H23N3. The fraction of sp³-hybridized carbons (Fsp3) is 0.353. The summed E-state index contributed by atoms with van der Waals surface area (Å²) in [5.74, 6) is 0. The van der Waals surface area contributed by atoms with E-state index < -0.39 is 0 Å². The molecule has 0 radical (unpaired) electrons. The minimum absolute atomic E-state index is 0.837. The lowest BCUT2D eigenvalue weighted by molar-refractivity contribution is 0.279. The highest BCUT2D eigenvalue weighted by molar-refractivity contribution is 5.14. The lowest BCUT2D eigenvalue weighted by Crippen LogP contribution is -2.31. The van der Waals surface area contributed by atoms with Gasteiger partial charge in [-0.1, -0.05) is 43.3 Å². The second-order valence-electron chi connectivity index (χ2n) is 4.85. The summed E-state index contributed by atoms with van der Waals surface area (Å²) in [4.78, 5) is 6.75. The number of pyridine rings is 1. The quantitative estimate of drug-likeness (QED) is 0.747. The largest absolute Gasteiger partial charge is 0.310 e. The molecule has 0 saturated carbocycles. The van der Waals surface area contributed by atoms with Gasteiger partial charge in [-0.25, -0.2) is 0 Å². The van der Waals surface area contributed by atoms with E-state index in [1.807, 2.05) is 18.3 Å². The van der Waals surface area contributed by atoms with Crippen LogP contribution in [0.5, 0.6) is 0 Å². The summed E-state index contributed by atoms with van der Waals surface area (Å²) in [6, 6.07) is 16.7. The number of hydrogen-bond donors (Lipinski definition) is 1. The molecule has 3 heteroatoms. The van der Waals surface area contributed by atoms with Crippen molar-refractivity contribution in [3.05, 3.63) is 66.0 Å². The van der Waals surface area contributed by atoms with Crippen molar-refractivity contribution < 1.29 is 0 Å². The zero-order valence-corrected chi connectivity index (χ0v) is 12.1. The third-order valence-electron chi connectivity index (χ3n) is 3.33. The van der Waals surface area contributed by atoms with Crippen molar-refractivity contribution in [1.82, 2.24) is 15.2 Å². The molecule has 1 aromatic carbocycles. The Morgan fingerprint density at radius 2 is 1.85 bits per heavy atom. The topological polar surface area (TPSA) is 28.2 Å². The van der Waals surface area contributed by atoms with Crippen molar-refractivity contribution in [2.75, 3.05) is 19.6 Å². The van der Waals surface area contributed by atoms with Gasteiger partial charge in [-0.3, -0.25) is 9.88 Å². The maximum Gasteiger partial charge on any atom is 0.0541 e. The molecule has 1 aromatic heterocycles. The molecule has 0 atom stereocenters. The van der Waals surface area contributed by atoms with Gasteiger partial charge < -0.3 is 5.32 Å². The highest BCUT2D eigenvalue weighted by atomic mass is 15.1. The first-order valence-electron chi connectivity index (χ1n) is 7.25. The summed E-state index contributed by atoms with van der Waals surface area (Å²) in [5, 5.41) is 3.45. The van der Waals surface area contributed by atoms with Gasteiger partial charge in [0.05, 0.1) is 5.69 Å². The van der Waals surface area contributed by atoms with Crippen LogP contribution in [-0.2, 0) is 13.1 Å². The Bertz CT molecular complexity index is 470. The predicted molar refractivity (Wildman–Crippen MR) is 83.3 cm³/mol. The minimum Gasteiger partial charge on any atom is -0.310 e. The molecule has 0 unspecified atom stereocenters. The second kappa shape index (κ2) is 8.46. The summed E-state index contributed by atoms with van der Waals surface area (Å²) in [7, 11) is 0. The Balaban J connectivity index is 1.69. The van der Waals surface area contributed by atoms with E-state index >= 15 is 0 Å². The van der Waals surface area contributed by atoms with E-state index in [4.69, 9.17) is 0 Å². The molecule has 106 valence electrons.